The van der Waals surface area contributed by atoms with Crippen molar-refractivity contribution >= 4 is 29.4 Å². The maximum atomic E-state index is 12.5. The lowest BCUT2D eigenvalue weighted by molar-refractivity contribution is 0.0188. The first-order chi connectivity index (χ1) is 14.5. The highest BCUT2D eigenvalue weighted by Crippen LogP contribution is 2.16. The molecule has 1 atom stereocenters. The van der Waals surface area contributed by atoms with Crippen LogP contribution in [0.3, 0.4) is 0 Å². The smallest absolute Gasteiger partial charge is 0.430 e. The Hall–Kier alpha value is -3.22. The molecule has 2 aromatic heterocycles. The van der Waals surface area contributed by atoms with Crippen LogP contribution in [-0.2, 0) is 14.2 Å². The van der Waals surface area contributed by atoms with Gasteiger partial charge in [0.1, 0.15) is 17.4 Å². The van der Waals surface area contributed by atoms with Gasteiger partial charge in [-0.3, -0.25) is 9.69 Å². The Morgan fingerprint density at radius 3 is 2.87 bits per heavy atom. The number of cyclic esters (lactones) is 1. The molecule has 3 N–H and O–H groups in total. The zero-order valence-corrected chi connectivity index (χ0v) is 17.0. The summed E-state index contributed by atoms with van der Waals surface area (Å²) in [5, 5.41) is 5.52. The molecule has 0 bridgehead atoms. The van der Waals surface area contributed by atoms with E-state index in [2.05, 4.69) is 15.0 Å². The molecule has 4 rings (SSSR count). The quantitative estimate of drug-likeness (QED) is 0.488. The van der Waals surface area contributed by atoms with E-state index in [4.69, 9.17) is 18.6 Å². The SMILES string of the molecule is CCOC(=O)c1c[nH]c2oc(/C=N/N3CC(CN4CCOCC4)OC3=O)cc2c1=O.O. The molecule has 1 amide bonds. The number of nitrogens with zero attached hydrogens (tertiary/aromatic N) is 3. The van der Waals surface area contributed by atoms with Gasteiger partial charge in [-0.25, -0.2) is 9.59 Å². The Labute approximate surface area is 176 Å². The van der Waals surface area contributed by atoms with Crippen molar-refractivity contribution in [1.82, 2.24) is 14.9 Å². The van der Waals surface area contributed by atoms with Gasteiger partial charge in [-0.1, -0.05) is 0 Å². The maximum absolute atomic E-state index is 12.5. The standard InChI is InChI=1S/C19H22N4O7.H2O/c1-2-28-18(25)15-9-20-17-14(16(15)24)7-12(29-17)8-21-23-11-13(30-19(23)26)10-22-3-5-27-6-4-22;/h7-9,13H,2-6,10-11H2,1H3,(H,20,24);1H2/b21-8+;. The number of amides is 1. The number of carbonyl (C=O) groups excluding carboxylic acids is 2. The van der Waals surface area contributed by atoms with E-state index in [1.165, 1.54) is 23.5 Å². The van der Waals surface area contributed by atoms with Gasteiger partial charge in [0, 0.05) is 25.8 Å². The second-order valence-corrected chi connectivity index (χ2v) is 6.89. The minimum Gasteiger partial charge on any atom is -0.462 e. The first-order valence-corrected chi connectivity index (χ1v) is 9.69. The lowest BCUT2D eigenvalue weighted by Gasteiger charge is -2.27. The number of hydrogen-bond acceptors (Lipinski definition) is 9. The predicted octanol–water partition coefficient (Wildman–Crippen LogP) is -0.0400. The molecule has 168 valence electrons. The molecule has 0 radical (unpaired) electrons. The summed E-state index contributed by atoms with van der Waals surface area (Å²) in [6.45, 7) is 5.71. The number of pyridine rings is 1. The van der Waals surface area contributed by atoms with Crippen LogP contribution in [0, 0.1) is 0 Å². The fourth-order valence-electron chi connectivity index (χ4n) is 3.35. The molecular weight excluding hydrogens is 412 g/mol. The molecule has 2 aliphatic rings. The van der Waals surface area contributed by atoms with Gasteiger partial charge in [0.25, 0.3) is 0 Å². The van der Waals surface area contributed by atoms with Gasteiger partial charge >= 0.3 is 12.1 Å². The Morgan fingerprint density at radius 2 is 2.13 bits per heavy atom. The lowest BCUT2D eigenvalue weighted by Crippen LogP contribution is -2.41. The van der Waals surface area contributed by atoms with Gasteiger partial charge in [0.05, 0.1) is 38.0 Å². The topological polar surface area (TPSA) is 158 Å². The molecule has 2 aromatic rings. The molecule has 2 fully saturated rings. The van der Waals surface area contributed by atoms with Gasteiger partial charge in [-0.2, -0.15) is 10.1 Å². The molecule has 31 heavy (non-hydrogen) atoms. The first-order valence-electron chi connectivity index (χ1n) is 9.69. The summed E-state index contributed by atoms with van der Waals surface area (Å²) in [4.78, 5) is 41.3. The molecule has 4 heterocycles. The number of carbonyl (C=O) groups is 2. The zero-order valence-electron chi connectivity index (χ0n) is 17.0. The van der Waals surface area contributed by atoms with Crippen LogP contribution in [-0.4, -0.2) is 90.7 Å². The van der Waals surface area contributed by atoms with Crippen LogP contribution in [0.4, 0.5) is 4.79 Å². The van der Waals surface area contributed by atoms with Crippen molar-refractivity contribution in [1.29, 1.82) is 0 Å². The van der Waals surface area contributed by atoms with Crippen LogP contribution in [0.1, 0.15) is 23.0 Å². The summed E-state index contributed by atoms with van der Waals surface area (Å²) >= 11 is 0. The van der Waals surface area contributed by atoms with E-state index in [1.54, 1.807) is 6.92 Å². The molecular formula is C19H24N4O8. The number of aromatic nitrogens is 1. The van der Waals surface area contributed by atoms with Crippen LogP contribution in [0.25, 0.3) is 11.1 Å². The number of ether oxygens (including phenoxy) is 3. The third-order valence-electron chi connectivity index (χ3n) is 4.83. The van der Waals surface area contributed by atoms with E-state index < -0.39 is 17.5 Å². The van der Waals surface area contributed by atoms with E-state index in [0.29, 0.717) is 26.3 Å². The highest BCUT2D eigenvalue weighted by molar-refractivity contribution is 5.94. The predicted molar refractivity (Wildman–Crippen MR) is 108 cm³/mol. The fraction of sp³-hybridized carbons (Fsp3) is 0.474. The summed E-state index contributed by atoms with van der Waals surface area (Å²) < 4.78 is 21.1. The number of H-pyrrole nitrogens is 1. The highest BCUT2D eigenvalue weighted by atomic mass is 16.6. The van der Waals surface area contributed by atoms with Crippen LogP contribution in [0.15, 0.2) is 26.6 Å². The highest BCUT2D eigenvalue weighted by Gasteiger charge is 2.32. The summed E-state index contributed by atoms with van der Waals surface area (Å²) in [5.41, 5.74) is -0.414. The largest absolute Gasteiger partial charge is 0.462 e. The summed E-state index contributed by atoms with van der Waals surface area (Å²) in [7, 11) is 0. The number of furan rings is 1. The van der Waals surface area contributed by atoms with Crippen LogP contribution < -0.4 is 5.43 Å². The Balaban J connectivity index is 0.00000272. The van der Waals surface area contributed by atoms with E-state index in [1.807, 2.05) is 0 Å². The van der Waals surface area contributed by atoms with Crippen molar-refractivity contribution in [3.63, 3.8) is 0 Å². The minimum absolute atomic E-state index is 0. The first kappa shape index (κ1) is 22.5. The molecule has 12 heteroatoms. The van der Waals surface area contributed by atoms with Crippen LogP contribution in [0.5, 0.6) is 0 Å². The molecule has 12 nitrogen and oxygen atoms in total. The van der Waals surface area contributed by atoms with Crippen molar-refractivity contribution in [3.8, 4) is 0 Å². The monoisotopic (exact) mass is 436 g/mol. The lowest BCUT2D eigenvalue weighted by atomic mass is 10.2. The molecule has 1 unspecified atom stereocenters. The third kappa shape index (κ3) is 4.93. The number of hydrogen-bond donors (Lipinski definition) is 1. The molecule has 2 aliphatic heterocycles. The Morgan fingerprint density at radius 1 is 1.35 bits per heavy atom. The average Bonchev–Trinajstić information content (AvgIpc) is 3.31. The third-order valence-corrected chi connectivity index (χ3v) is 4.83. The molecule has 2 saturated heterocycles. The normalized spacial score (nSPS) is 19.6. The van der Waals surface area contributed by atoms with Gasteiger partial charge < -0.3 is 29.1 Å². The number of rotatable bonds is 6. The molecule has 0 saturated carbocycles. The van der Waals surface area contributed by atoms with E-state index in [0.717, 1.165) is 13.1 Å². The molecule has 0 aliphatic carbocycles. The van der Waals surface area contributed by atoms with Crippen molar-refractivity contribution in [3.05, 3.63) is 33.8 Å². The molecule has 0 spiro atoms. The zero-order chi connectivity index (χ0) is 21.1. The maximum Gasteiger partial charge on any atom is 0.430 e. The fourth-order valence-corrected chi connectivity index (χ4v) is 3.35. The number of esters is 1. The van der Waals surface area contributed by atoms with Crippen molar-refractivity contribution in [2.24, 2.45) is 5.10 Å². The van der Waals surface area contributed by atoms with Gasteiger partial charge in [0.15, 0.2) is 0 Å². The van der Waals surface area contributed by atoms with E-state index >= 15 is 0 Å². The molecule has 0 aromatic carbocycles. The van der Waals surface area contributed by atoms with Gasteiger partial charge in [-0.05, 0) is 13.0 Å². The summed E-state index contributed by atoms with van der Waals surface area (Å²) in [6.07, 6.45) is 1.76. The van der Waals surface area contributed by atoms with Crippen molar-refractivity contribution in [2.75, 3.05) is 46.0 Å². The van der Waals surface area contributed by atoms with Gasteiger partial charge in [0.2, 0.25) is 11.1 Å². The second-order valence-electron chi connectivity index (χ2n) is 6.89. The van der Waals surface area contributed by atoms with Crippen molar-refractivity contribution < 1.29 is 33.7 Å². The van der Waals surface area contributed by atoms with E-state index in [9.17, 15) is 14.4 Å². The number of hydrazone groups is 1. The summed E-state index contributed by atoms with van der Waals surface area (Å²) in [5.74, 6) is -0.452. The Bertz CT molecular complexity index is 1020. The Kier molecular flexibility index (Phi) is 7.05. The van der Waals surface area contributed by atoms with Crippen LogP contribution in [0.2, 0.25) is 0 Å². The van der Waals surface area contributed by atoms with Gasteiger partial charge in [-0.15, -0.1) is 0 Å². The number of morpholine rings is 1. The number of fused-ring (bicyclic) bond motifs is 1. The average molecular weight is 436 g/mol. The minimum atomic E-state index is -0.705. The van der Waals surface area contributed by atoms with E-state index in [-0.39, 0.29) is 40.6 Å². The summed E-state index contributed by atoms with van der Waals surface area (Å²) in [6, 6.07) is 1.45. The van der Waals surface area contributed by atoms with Crippen LogP contribution >= 0.6 is 0 Å². The number of aromatic amines is 1. The number of nitrogens with one attached hydrogen (secondary N) is 1. The van der Waals surface area contributed by atoms with Crippen molar-refractivity contribution in [2.45, 2.75) is 13.0 Å². The second kappa shape index (κ2) is 9.73.